The molecule has 0 saturated carbocycles. The highest BCUT2D eigenvalue weighted by Crippen LogP contribution is 2.49. The van der Waals surface area contributed by atoms with Gasteiger partial charge in [-0.25, -0.2) is 4.79 Å². The molecule has 0 aliphatic carbocycles. The summed E-state index contributed by atoms with van der Waals surface area (Å²) in [6.07, 6.45) is 2.10. The molecule has 0 amide bonds. The fourth-order valence-electron chi connectivity index (χ4n) is 2.75. The van der Waals surface area contributed by atoms with Crippen LogP contribution in [0.25, 0.3) is 0 Å². The standard InChI is InChI=1S/C14H12N2O2S/c1-9-2-4-10(5-3-9)16-11-6-7-19-14(11)8-18-13(17)12(14)15-16/h2-7,11H,8H2,1H3. The van der Waals surface area contributed by atoms with Gasteiger partial charge in [-0.05, 0) is 24.5 Å². The highest BCUT2D eigenvalue weighted by Gasteiger charge is 2.60. The quantitative estimate of drug-likeness (QED) is 0.734. The lowest BCUT2D eigenvalue weighted by molar-refractivity contribution is -0.133. The lowest BCUT2D eigenvalue weighted by Gasteiger charge is -2.27. The third kappa shape index (κ3) is 1.36. The van der Waals surface area contributed by atoms with Crippen molar-refractivity contribution >= 4 is 29.1 Å². The summed E-state index contributed by atoms with van der Waals surface area (Å²) in [6, 6.07) is 8.26. The van der Waals surface area contributed by atoms with E-state index in [2.05, 4.69) is 30.2 Å². The van der Waals surface area contributed by atoms with E-state index >= 15 is 0 Å². The minimum absolute atomic E-state index is 0.0710. The Hall–Kier alpha value is -1.75. The van der Waals surface area contributed by atoms with Crippen LogP contribution in [0.3, 0.4) is 0 Å². The molecule has 0 aromatic heterocycles. The summed E-state index contributed by atoms with van der Waals surface area (Å²) in [7, 11) is 0. The van der Waals surface area contributed by atoms with Crippen molar-refractivity contribution in [3.8, 4) is 0 Å². The van der Waals surface area contributed by atoms with Gasteiger partial charge in [0, 0.05) is 0 Å². The highest BCUT2D eigenvalue weighted by molar-refractivity contribution is 8.04. The summed E-state index contributed by atoms with van der Waals surface area (Å²) in [6.45, 7) is 2.47. The second-order valence-corrected chi connectivity index (χ2v) is 6.22. The maximum Gasteiger partial charge on any atom is 0.356 e. The topological polar surface area (TPSA) is 41.9 Å². The van der Waals surface area contributed by atoms with Crippen LogP contribution in [0.1, 0.15) is 5.56 Å². The van der Waals surface area contributed by atoms with Crippen LogP contribution >= 0.6 is 11.8 Å². The molecule has 1 fully saturated rings. The molecule has 4 rings (SSSR count). The van der Waals surface area contributed by atoms with Gasteiger partial charge >= 0.3 is 5.97 Å². The fourth-order valence-corrected chi connectivity index (χ4v) is 3.90. The van der Waals surface area contributed by atoms with Crippen LogP contribution in [-0.2, 0) is 9.53 Å². The molecule has 0 radical (unpaired) electrons. The number of carbonyl (C=O) groups is 1. The van der Waals surface area contributed by atoms with Crippen LogP contribution < -0.4 is 5.01 Å². The number of aryl methyl sites for hydroxylation is 1. The Kier molecular flexibility index (Phi) is 2.12. The van der Waals surface area contributed by atoms with Crippen LogP contribution in [0.5, 0.6) is 0 Å². The third-order valence-corrected chi connectivity index (χ3v) is 5.07. The number of cyclic esters (lactones) is 1. The van der Waals surface area contributed by atoms with Crippen molar-refractivity contribution in [2.24, 2.45) is 5.10 Å². The molecule has 3 aliphatic rings. The summed E-state index contributed by atoms with van der Waals surface area (Å²) in [5.41, 5.74) is 2.77. The molecule has 19 heavy (non-hydrogen) atoms. The van der Waals surface area contributed by atoms with E-state index in [1.54, 1.807) is 11.8 Å². The molecule has 0 bridgehead atoms. The Morgan fingerprint density at radius 2 is 2.21 bits per heavy atom. The fraction of sp³-hybridized carbons (Fsp3) is 0.286. The van der Waals surface area contributed by atoms with E-state index in [0.717, 1.165) is 5.69 Å². The van der Waals surface area contributed by atoms with Crippen molar-refractivity contribution in [2.45, 2.75) is 17.7 Å². The van der Waals surface area contributed by atoms with E-state index in [1.165, 1.54) is 5.56 Å². The molecule has 0 N–H and O–H groups in total. The second-order valence-electron chi connectivity index (χ2n) is 4.99. The second kappa shape index (κ2) is 3.63. The molecule has 96 valence electrons. The van der Waals surface area contributed by atoms with E-state index in [4.69, 9.17) is 4.74 Å². The minimum Gasteiger partial charge on any atom is -0.459 e. The van der Waals surface area contributed by atoms with Gasteiger partial charge in [0.15, 0.2) is 5.71 Å². The number of ether oxygens (including phenoxy) is 1. The van der Waals surface area contributed by atoms with Gasteiger partial charge in [0.25, 0.3) is 0 Å². The molecule has 1 aromatic carbocycles. The first-order valence-corrected chi connectivity index (χ1v) is 7.05. The van der Waals surface area contributed by atoms with E-state index in [1.807, 2.05) is 22.5 Å². The number of thioether (sulfide) groups is 1. The van der Waals surface area contributed by atoms with Gasteiger partial charge in [0.05, 0.1) is 11.7 Å². The molecule has 1 saturated heterocycles. The minimum atomic E-state index is -0.331. The highest BCUT2D eigenvalue weighted by atomic mass is 32.2. The van der Waals surface area contributed by atoms with E-state index in [0.29, 0.717) is 12.3 Å². The van der Waals surface area contributed by atoms with Gasteiger partial charge in [0.2, 0.25) is 0 Å². The van der Waals surface area contributed by atoms with Gasteiger partial charge in [0.1, 0.15) is 11.4 Å². The molecule has 3 heterocycles. The summed E-state index contributed by atoms with van der Waals surface area (Å²) in [5.74, 6) is -0.282. The predicted molar refractivity (Wildman–Crippen MR) is 75.3 cm³/mol. The zero-order valence-corrected chi connectivity index (χ0v) is 11.2. The van der Waals surface area contributed by atoms with E-state index < -0.39 is 0 Å². The number of benzene rings is 1. The summed E-state index contributed by atoms with van der Waals surface area (Å²) in [4.78, 5) is 11.8. The van der Waals surface area contributed by atoms with Gasteiger partial charge in [-0.3, -0.25) is 5.01 Å². The van der Waals surface area contributed by atoms with Crippen molar-refractivity contribution in [2.75, 3.05) is 11.6 Å². The van der Waals surface area contributed by atoms with Crippen LogP contribution in [-0.4, -0.2) is 29.1 Å². The summed E-state index contributed by atoms with van der Waals surface area (Å²) in [5, 5.41) is 8.49. The lowest BCUT2D eigenvalue weighted by Crippen LogP contribution is -2.44. The van der Waals surface area contributed by atoms with Crippen molar-refractivity contribution < 1.29 is 9.53 Å². The van der Waals surface area contributed by atoms with Crippen molar-refractivity contribution in [1.82, 2.24) is 0 Å². The Morgan fingerprint density at radius 1 is 1.42 bits per heavy atom. The number of rotatable bonds is 1. The first-order valence-electron chi connectivity index (χ1n) is 6.17. The number of esters is 1. The zero-order valence-electron chi connectivity index (χ0n) is 10.4. The smallest absolute Gasteiger partial charge is 0.356 e. The number of nitrogens with zero attached hydrogens (tertiary/aromatic N) is 2. The molecule has 1 spiro atoms. The Balaban J connectivity index is 1.80. The van der Waals surface area contributed by atoms with Crippen LogP contribution in [0.15, 0.2) is 40.9 Å². The number of hydrogen-bond acceptors (Lipinski definition) is 5. The largest absolute Gasteiger partial charge is 0.459 e. The average Bonchev–Trinajstić information content (AvgIpc) is 3.02. The van der Waals surface area contributed by atoms with Gasteiger partial charge in [-0.15, -0.1) is 11.8 Å². The average molecular weight is 272 g/mol. The normalized spacial score (nSPS) is 31.2. The third-order valence-electron chi connectivity index (χ3n) is 3.80. The zero-order chi connectivity index (χ0) is 13.0. The lowest BCUT2D eigenvalue weighted by atomic mass is 9.97. The molecular formula is C14H12N2O2S. The van der Waals surface area contributed by atoms with Gasteiger partial charge in [-0.2, -0.15) is 5.10 Å². The molecule has 5 heteroatoms. The summed E-state index contributed by atoms with van der Waals surface area (Å²) < 4.78 is 4.84. The van der Waals surface area contributed by atoms with Crippen molar-refractivity contribution in [1.29, 1.82) is 0 Å². The van der Waals surface area contributed by atoms with E-state index in [-0.39, 0.29) is 16.8 Å². The molecule has 3 aliphatic heterocycles. The number of hydrazone groups is 1. The van der Waals surface area contributed by atoms with Crippen molar-refractivity contribution in [3.05, 3.63) is 41.3 Å². The molecule has 2 unspecified atom stereocenters. The monoisotopic (exact) mass is 272 g/mol. The maximum atomic E-state index is 11.8. The molecule has 1 aromatic rings. The molecule has 2 atom stereocenters. The SMILES string of the molecule is Cc1ccc(N2N=C3C(=O)OCC34SC=CC24)cc1. The Labute approximate surface area is 115 Å². The van der Waals surface area contributed by atoms with Crippen LogP contribution in [0, 0.1) is 6.92 Å². The van der Waals surface area contributed by atoms with Gasteiger partial charge in [-0.1, -0.05) is 23.8 Å². The van der Waals surface area contributed by atoms with E-state index in [9.17, 15) is 4.79 Å². The number of anilines is 1. The first-order chi connectivity index (χ1) is 9.21. The van der Waals surface area contributed by atoms with Crippen LogP contribution in [0.2, 0.25) is 0 Å². The number of carbonyl (C=O) groups excluding carboxylic acids is 1. The number of hydrogen-bond donors (Lipinski definition) is 0. The van der Waals surface area contributed by atoms with Crippen molar-refractivity contribution in [3.63, 3.8) is 0 Å². The van der Waals surface area contributed by atoms with Crippen LogP contribution in [0.4, 0.5) is 5.69 Å². The maximum absolute atomic E-state index is 11.8. The molecule has 4 nitrogen and oxygen atoms in total. The Bertz CT molecular complexity index is 623. The van der Waals surface area contributed by atoms with Gasteiger partial charge < -0.3 is 4.74 Å². The predicted octanol–water partition coefficient (Wildman–Crippen LogP) is 2.10. The molecular weight excluding hydrogens is 260 g/mol. The Morgan fingerprint density at radius 3 is 3.00 bits per heavy atom. The summed E-state index contributed by atoms with van der Waals surface area (Å²) >= 11 is 1.64. The first kappa shape index (κ1) is 11.1.